The molecule has 0 fully saturated rings. The Balaban J connectivity index is 1.92. The number of halogens is 6. The second-order valence-corrected chi connectivity index (χ2v) is 8.95. The molecule has 2 N–H and O–H groups in total. The molecule has 0 saturated heterocycles. The van der Waals surface area contributed by atoms with Gasteiger partial charge in [-0.15, -0.1) is 0 Å². The number of carbonyl (C=O) groups is 2. The molecule has 11 heteroatoms. The van der Waals surface area contributed by atoms with Crippen molar-refractivity contribution in [3.8, 4) is 0 Å². The van der Waals surface area contributed by atoms with E-state index in [0.717, 1.165) is 12.1 Å². The Morgan fingerprint density at radius 2 is 1.71 bits per heavy atom. The van der Waals surface area contributed by atoms with Gasteiger partial charge in [0.1, 0.15) is 5.78 Å². The molecule has 182 valence electrons. The van der Waals surface area contributed by atoms with Gasteiger partial charge in [-0.2, -0.15) is 13.2 Å². The van der Waals surface area contributed by atoms with Crippen LogP contribution in [0.2, 0.25) is 10.0 Å². The number of nitrogens with two attached hydrogens (primary N) is 1. The highest BCUT2D eigenvalue weighted by atomic mass is 35.5. The number of primary amides is 1. The summed E-state index contributed by atoms with van der Waals surface area (Å²) in [5, 5.41) is 3.29. The van der Waals surface area contributed by atoms with Crippen molar-refractivity contribution in [1.82, 2.24) is 0 Å². The number of amides is 1. The number of nitrogens with zero attached hydrogens (tertiary/aromatic N) is 1. The van der Waals surface area contributed by atoms with E-state index in [1.54, 1.807) is 24.3 Å². The maximum atomic E-state index is 14.4. The molecule has 0 bridgehead atoms. The minimum Gasteiger partial charge on any atom is -0.374 e. The molecule has 1 atom stereocenters. The summed E-state index contributed by atoms with van der Waals surface area (Å²) in [6.07, 6.45) is -5.96. The van der Waals surface area contributed by atoms with E-state index >= 15 is 0 Å². The summed E-state index contributed by atoms with van der Waals surface area (Å²) in [6.45, 7) is 1.31. The van der Waals surface area contributed by atoms with Crippen molar-refractivity contribution in [3.63, 3.8) is 0 Å². The van der Waals surface area contributed by atoms with Crippen LogP contribution in [0.5, 0.6) is 0 Å². The number of benzene rings is 3. The summed E-state index contributed by atoms with van der Waals surface area (Å²) in [5.41, 5.74) is 2.52. The van der Waals surface area contributed by atoms with Gasteiger partial charge < -0.3 is 10.6 Å². The molecular weight excluding hydrogens is 511 g/mol. The highest BCUT2D eigenvalue weighted by Crippen LogP contribution is 2.50. The first-order chi connectivity index (χ1) is 16.4. The van der Waals surface area contributed by atoms with Gasteiger partial charge in [0.15, 0.2) is 5.82 Å². The number of ketones is 1. The highest BCUT2D eigenvalue weighted by Gasteiger charge is 2.62. The number of alkyl halides is 3. The average molecular weight is 527 g/mol. The predicted octanol–water partition coefficient (Wildman–Crippen LogP) is 6.10. The van der Waals surface area contributed by atoms with Crippen molar-refractivity contribution in [2.24, 2.45) is 10.9 Å². The first-order valence-corrected chi connectivity index (χ1v) is 10.9. The number of fused-ring (bicyclic) bond motifs is 1. The minimum absolute atomic E-state index is 0.0956. The van der Waals surface area contributed by atoms with Gasteiger partial charge in [0.2, 0.25) is 5.91 Å². The quantitative estimate of drug-likeness (QED) is 0.322. The monoisotopic (exact) mass is 526 g/mol. The lowest BCUT2D eigenvalue weighted by atomic mass is 9.84. The number of carbonyl (C=O) groups excluding carboxylic acids is 2. The Morgan fingerprint density at radius 1 is 1.11 bits per heavy atom. The third-order valence-electron chi connectivity index (χ3n) is 5.76. The number of hydrogen-bond donors (Lipinski definition) is 1. The van der Waals surface area contributed by atoms with Crippen molar-refractivity contribution in [2.75, 3.05) is 0 Å². The average Bonchev–Trinajstić information content (AvgIpc) is 3.22. The lowest BCUT2D eigenvalue weighted by Gasteiger charge is -2.30. The SMILES string of the molecule is CC(=O)Cc1cc(C2=NOC(c3cc(Cl)c(F)c(Cl)c3)(C(F)(F)F)C2)c2ccccc2c1C(N)=O. The highest BCUT2D eigenvalue weighted by molar-refractivity contribution is 6.35. The van der Waals surface area contributed by atoms with Crippen molar-refractivity contribution < 1.29 is 32.0 Å². The van der Waals surface area contributed by atoms with Gasteiger partial charge in [-0.25, -0.2) is 4.39 Å². The van der Waals surface area contributed by atoms with E-state index in [4.69, 9.17) is 33.8 Å². The van der Waals surface area contributed by atoms with Gasteiger partial charge >= 0.3 is 6.18 Å². The van der Waals surface area contributed by atoms with Crippen LogP contribution in [-0.4, -0.2) is 23.6 Å². The molecule has 3 aromatic rings. The molecule has 1 heterocycles. The maximum Gasteiger partial charge on any atom is 0.435 e. The zero-order chi connectivity index (χ0) is 25.7. The van der Waals surface area contributed by atoms with Gasteiger partial charge in [0.25, 0.3) is 5.60 Å². The zero-order valence-electron chi connectivity index (χ0n) is 18.0. The topological polar surface area (TPSA) is 81.8 Å². The number of oxime groups is 1. The summed E-state index contributed by atoms with van der Waals surface area (Å²) in [7, 11) is 0. The van der Waals surface area contributed by atoms with Crippen molar-refractivity contribution in [3.05, 3.63) is 80.6 Å². The summed E-state index contributed by atoms with van der Waals surface area (Å²) in [5.74, 6) is -2.12. The van der Waals surface area contributed by atoms with E-state index in [2.05, 4.69) is 5.16 Å². The Morgan fingerprint density at radius 3 is 2.26 bits per heavy atom. The number of hydrogen-bond acceptors (Lipinski definition) is 4. The van der Waals surface area contributed by atoms with Crippen LogP contribution in [0.4, 0.5) is 17.6 Å². The largest absolute Gasteiger partial charge is 0.435 e. The molecule has 1 aliphatic rings. The summed E-state index contributed by atoms with van der Waals surface area (Å²) in [4.78, 5) is 29.1. The molecular formula is C24H16Cl2F4N2O3. The fourth-order valence-electron chi connectivity index (χ4n) is 4.21. The van der Waals surface area contributed by atoms with E-state index < -0.39 is 45.5 Å². The molecule has 0 aliphatic carbocycles. The van der Waals surface area contributed by atoms with E-state index in [-0.39, 0.29) is 34.6 Å². The molecule has 35 heavy (non-hydrogen) atoms. The Labute approximate surface area is 206 Å². The van der Waals surface area contributed by atoms with Crippen LogP contribution >= 0.6 is 23.2 Å². The van der Waals surface area contributed by atoms with Gasteiger partial charge in [0.05, 0.1) is 21.3 Å². The molecule has 0 spiro atoms. The second kappa shape index (κ2) is 8.80. The summed E-state index contributed by atoms with van der Waals surface area (Å²) < 4.78 is 57.1. The summed E-state index contributed by atoms with van der Waals surface area (Å²) >= 11 is 11.5. The molecule has 1 unspecified atom stereocenters. The van der Waals surface area contributed by atoms with Crippen LogP contribution in [0, 0.1) is 5.82 Å². The van der Waals surface area contributed by atoms with E-state index in [1.165, 1.54) is 13.0 Å². The zero-order valence-corrected chi connectivity index (χ0v) is 19.5. The molecule has 1 aliphatic heterocycles. The van der Waals surface area contributed by atoms with Crippen LogP contribution in [0.15, 0.2) is 47.6 Å². The van der Waals surface area contributed by atoms with Crippen LogP contribution in [0.1, 0.15) is 40.4 Å². The molecule has 0 aromatic heterocycles. The maximum absolute atomic E-state index is 14.4. The lowest BCUT2D eigenvalue weighted by molar-refractivity contribution is -0.275. The van der Waals surface area contributed by atoms with Crippen molar-refractivity contribution >= 4 is 51.4 Å². The van der Waals surface area contributed by atoms with Crippen LogP contribution in [-0.2, 0) is 21.7 Å². The first-order valence-electron chi connectivity index (χ1n) is 10.2. The van der Waals surface area contributed by atoms with Crippen molar-refractivity contribution in [1.29, 1.82) is 0 Å². The van der Waals surface area contributed by atoms with E-state index in [9.17, 15) is 27.2 Å². The third-order valence-corrected chi connectivity index (χ3v) is 6.31. The molecule has 0 radical (unpaired) electrons. The molecule has 0 saturated carbocycles. The van der Waals surface area contributed by atoms with Gasteiger partial charge in [-0.05, 0) is 41.5 Å². The summed E-state index contributed by atoms with van der Waals surface area (Å²) in [6, 6.07) is 9.45. The standard InChI is InChI=1S/C24H16Cl2F4N2O3/c1-11(33)6-12-7-16(14-4-2-3-5-15(14)20(12)22(31)34)19-10-23(35-32-19,24(28,29)30)13-8-17(25)21(27)18(26)9-13/h2-5,7-9H,6,10H2,1H3,(H2,31,34). The van der Waals surface area contributed by atoms with E-state index in [1.807, 2.05) is 0 Å². The molecule has 5 nitrogen and oxygen atoms in total. The first kappa shape index (κ1) is 24.9. The van der Waals surface area contributed by atoms with Gasteiger partial charge in [0, 0.05) is 24.0 Å². The van der Waals surface area contributed by atoms with Gasteiger partial charge in [-0.1, -0.05) is 52.6 Å². The normalized spacial score (nSPS) is 17.9. The Kier molecular flexibility index (Phi) is 6.27. The number of rotatable bonds is 5. The van der Waals surface area contributed by atoms with Crippen molar-refractivity contribution in [2.45, 2.75) is 31.5 Å². The fourth-order valence-corrected chi connectivity index (χ4v) is 4.69. The lowest BCUT2D eigenvalue weighted by Crippen LogP contribution is -2.42. The predicted molar refractivity (Wildman–Crippen MR) is 123 cm³/mol. The minimum atomic E-state index is -4.99. The second-order valence-electron chi connectivity index (χ2n) is 8.13. The fraction of sp³-hybridized carbons (Fsp3) is 0.208. The molecule has 3 aromatic carbocycles. The molecule has 4 rings (SSSR count). The van der Waals surface area contributed by atoms with Crippen LogP contribution < -0.4 is 5.73 Å². The van der Waals surface area contributed by atoms with Crippen LogP contribution in [0.25, 0.3) is 10.8 Å². The Hall–Kier alpha value is -3.17. The van der Waals surface area contributed by atoms with Crippen LogP contribution in [0.3, 0.4) is 0 Å². The number of Topliss-reactive ketones (excluding diaryl/α,β-unsaturated/α-hetero) is 1. The third kappa shape index (κ3) is 4.23. The smallest absolute Gasteiger partial charge is 0.374 e. The molecule has 1 amide bonds. The van der Waals surface area contributed by atoms with Gasteiger partial charge in [-0.3, -0.25) is 9.59 Å². The van der Waals surface area contributed by atoms with E-state index in [0.29, 0.717) is 10.8 Å². The Bertz CT molecular complexity index is 1400.